The Labute approximate surface area is 265 Å². The molecule has 3 aromatic heterocycles. The van der Waals surface area contributed by atoms with Crippen molar-refractivity contribution in [1.29, 1.82) is 0 Å². The number of pyridine rings is 2. The van der Waals surface area contributed by atoms with Gasteiger partial charge in [0.15, 0.2) is 0 Å². The van der Waals surface area contributed by atoms with Crippen molar-refractivity contribution in [3.05, 3.63) is 120 Å². The van der Waals surface area contributed by atoms with Gasteiger partial charge >= 0.3 is 0 Å². The van der Waals surface area contributed by atoms with Gasteiger partial charge in [-0.15, -0.1) is 17.5 Å². The van der Waals surface area contributed by atoms with Gasteiger partial charge in [0, 0.05) is 49.5 Å². The molecule has 0 atom stereocenters. The first-order valence-corrected chi connectivity index (χ1v) is 14.1. The summed E-state index contributed by atoms with van der Waals surface area (Å²) in [5.41, 5.74) is 6.56. The van der Waals surface area contributed by atoms with E-state index in [0.717, 1.165) is 49.8 Å². The molecule has 43 heavy (non-hydrogen) atoms. The topological polar surface area (TPSA) is 60.2 Å². The Kier molecular flexibility index (Phi) is 7.31. The number of aryl methyl sites for hydroxylation is 1. The first-order chi connectivity index (χ1) is 20.3. The molecule has 0 unspecified atom stereocenters. The number of hydrogen-bond acceptors (Lipinski definition) is 4. The molecule has 0 bridgehead atoms. The fourth-order valence-corrected chi connectivity index (χ4v) is 5.57. The van der Waals surface area contributed by atoms with Crippen LogP contribution >= 0.6 is 0 Å². The van der Waals surface area contributed by atoms with Crippen molar-refractivity contribution in [3.63, 3.8) is 0 Å². The second-order valence-corrected chi connectivity index (χ2v) is 11.7. The first kappa shape index (κ1) is 28.6. The molecule has 7 rings (SSSR count). The summed E-state index contributed by atoms with van der Waals surface area (Å²) in [7, 11) is 0. The molecule has 0 aliphatic carbocycles. The van der Waals surface area contributed by atoms with E-state index in [1.165, 1.54) is 5.56 Å². The van der Waals surface area contributed by atoms with Crippen molar-refractivity contribution in [2.75, 3.05) is 0 Å². The SMILES string of the molecule is Cc1cccc(-n2c3[c-]c(Oc4cc(-c5ccccc5)c5cccc(O)c5n4)ccc3c3ccc(C(C)(C)C)cc32)n1.[Pt]. The van der Waals surface area contributed by atoms with Gasteiger partial charge in [-0.25, -0.2) is 9.97 Å². The molecule has 4 aromatic carbocycles. The van der Waals surface area contributed by atoms with Gasteiger partial charge in [-0.1, -0.05) is 87.0 Å². The number of phenols is 1. The number of aromatic nitrogens is 3. The molecule has 0 saturated carbocycles. The Morgan fingerprint density at radius 2 is 1.53 bits per heavy atom. The van der Waals surface area contributed by atoms with Gasteiger partial charge in [0.1, 0.15) is 17.1 Å². The molecule has 0 aliphatic rings. The number of phenolic OH excluding ortho intramolecular Hbond substituents is 1. The Morgan fingerprint density at radius 1 is 0.767 bits per heavy atom. The van der Waals surface area contributed by atoms with Crippen molar-refractivity contribution in [2.24, 2.45) is 0 Å². The summed E-state index contributed by atoms with van der Waals surface area (Å²) in [6, 6.07) is 37.7. The van der Waals surface area contributed by atoms with E-state index in [4.69, 9.17) is 14.7 Å². The van der Waals surface area contributed by atoms with Crippen LogP contribution < -0.4 is 4.74 Å². The van der Waals surface area contributed by atoms with Gasteiger partial charge in [0.2, 0.25) is 5.88 Å². The van der Waals surface area contributed by atoms with Crippen LogP contribution in [0, 0.1) is 13.0 Å². The summed E-state index contributed by atoms with van der Waals surface area (Å²) >= 11 is 0. The molecular weight excluding hydrogens is 714 g/mol. The maximum atomic E-state index is 10.7. The van der Waals surface area contributed by atoms with Gasteiger partial charge in [0.05, 0.1) is 0 Å². The number of nitrogens with zero attached hydrogens (tertiary/aromatic N) is 3. The molecule has 7 aromatic rings. The van der Waals surface area contributed by atoms with E-state index in [2.05, 4.69) is 55.7 Å². The Hall–Kier alpha value is -4.47. The number of benzene rings is 4. The molecule has 0 amide bonds. The standard InChI is InChI=1S/C37H30N3O2.Pt/c1-23-10-8-15-34(38-23)40-31-20-25(37(2,3)4)16-18-27(31)28-19-17-26(21-32(28)40)42-35-22-30(24-11-6-5-7-12-24)29-13-9-14-33(41)36(29)39-35;/h5-20,22,41H,1-4H3;/q-1;. The third-order valence-electron chi connectivity index (χ3n) is 7.71. The summed E-state index contributed by atoms with van der Waals surface area (Å²) in [5.74, 6) is 1.84. The second kappa shape index (κ2) is 11.0. The number of para-hydroxylation sites is 1. The average molecular weight is 744 g/mol. The fraction of sp³-hybridized carbons (Fsp3) is 0.135. The zero-order valence-corrected chi connectivity index (χ0v) is 26.6. The summed E-state index contributed by atoms with van der Waals surface area (Å²) in [6.45, 7) is 8.67. The van der Waals surface area contributed by atoms with E-state index in [-0.39, 0.29) is 32.2 Å². The molecule has 0 aliphatic heterocycles. The van der Waals surface area contributed by atoms with E-state index in [1.54, 1.807) is 6.07 Å². The predicted octanol–water partition coefficient (Wildman–Crippen LogP) is 9.30. The van der Waals surface area contributed by atoms with Crippen LogP contribution in [0.3, 0.4) is 0 Å². The third-order valence-corrected chi connectivity index (χ3v) is 7.71. The molecule has 5 nitrogen and oxygen atoms in total. The van der Waals surface area contributed by atoms with E-state index in [9.17, 15) is 5.11 Å². The third kappa shape index (κ3) is 5.19. The summed E-state index contributed by atoms with van der Waals surface area (Å²) in [4.78, 5) is 9.57. The number of ether oxygens (including phenoxy) is 1. The molecule has 216 valence electrons. The van der Waals surface area contributed by atoms with Crippen molar-refractivity contribution in [3.8, 4) is 34.3 Å². The van der Waals surface area contributed by atoms with Crippen LogP contribution in [-0.2, 0) is 26.5 Å². The summed E-state index contributed by atoms with van der Waals surface area (Å²) in [6.07, 6.45) is 0. The number of aromatic hydroxyl groups is 1. The largest absolute Gasteiger partial charge is 0.506 e. The van der Waals surface area contributed by atoms with Crippen LogP contribution in [-0.4, -0.2) is 19.6 Å². The minimum Gasteiger partial charge on any atom is -0.506 e. The quantitative estimate of drug-likeness (QED) is 0.183. The van der Waals surface area contributed by atoms with Crippen molar-refractivity contribution in [1.82, 2.24) is 14.5 Å². The predicted molar refractivity (Wildman–Crippen MR) is 170 cm³/mol. The van der Waals surface area contributed by atoms with Crippen LogP contribution in [0.1, 0.15) is 32.0 Å². The molecule has 0 saturated heterocycles. The van der Waals surface area contributed by atoms with Crippen molar-refractivity contribution >= 4 is 32.7 Å². The average Bonchev–Trinajstić information content (AvgIpc) is 3.30. The molecule has 6 heteroatoms. The normalized spacial score (nSPS) is 11.6. The van der Waals surface area contributed by atoms with Crippen molar-refractivity contribution < 1.29 is 30.9 Å². The Bertz CT molecular complexity index is 2130. The molecule has 3 heterocycles. The minimum absolute atomic E-state index is 0. The zero-order valence-electron chi connectivity index (χ0n) is 24.3. The van der Waals surface area contributed by atoms with Gasteiger partial charge < -0.3 is 14.4 Å². The monoisotopic (exact) mass is 743 g/mol. The molecule has 0 spiro atoms. The van der Waals surface area contributed by atoms with Crippen LogP contribution in [0.2, 0.25) is 0 Å². The summed E-state index contributed by atoms with van der Waals surface area (Å²) < 4.78 is 8.55. The smallest absolute Gasteiger partial charge is 0.217 e. The second-order valence-electron chi connectivity index (χ2n) is 11.7. The Morgan fingerprint density at radius 3 is 2.30 bits per heavy atom. The molecular formula is C37H30N3O2Pt-. The van der Waals surface area contributed by atoms with E-state index in [1.807, 2.05) is 79.7 Å². The molecule has 0 radical (unpaired) electrons. The number of hydrogen-bond donors (Lipinski definition) is 1. The first-order valence-electron chi connectivity index (χ1n) is 14.1. The fourth-order valence-electron chi connectivity index (χ4n) is 5.57. The Balaban J connectivity index is 0.00000329. The van der Waals surface area contributed by atoms with Crippen LogP contribution in [0.4, 0.5) is 0 Å². The van der Waals surface area contributed by atoms with E-state index >= 15 is 0 Å². The molecule has 1 N–H and O–H groups in total. The zero-order chi connectivity index (χ0) is 29.0. The van der Waals surface area contributed by atoms with E-state index < -0.39 is 0 Å². The molecule has 0 fully saturated rings. The van der Waals surface area contributed by atoms with Crippen LogP contribution in [0.25, 0.3) is 49.7 Å². The summed E-state index contributed by atoms with van der Waals surface area (Å²) in [5, 5.41) is 13.7. The maximum absolute atomic E-state index is 10.7. The van der Waals surface area contributed by atoms with Gasteiger partial charge in [-0.05, 0) is 58.7 Å². The van der Waals surface area contributed by atoms with Gasteiger partial charge in [-0.3, -0.25) is 0 Å². The minimum atomic E-state index is -0.00271. The van der Waals surface area contributed by atoms with E-state index in [0.29, 0.717) is 17.1 Å². The van der Waals surface area contributed by atoms with Crippen LogP contribution in [0.5, 0.6) is 17.4 Å². The van der Waals surface area contributed by atoms with Crippen LogP contribution in [0.15, 0.2) is 103 Å². The van der Waals surface area contributed by atoms with Crippen molar-refractivity contribution in [2.45, 2.75) is 33.1 Å². The maximum Gasteiger partial charge on any atom is 0.217 e. The van der Waals surface area contributed by atoms with Gasteiger partial charge in [0.25, 0.3) is 0 Å². The number of rotatable bonds is 4. The number of fused-ring (bicyclic) bond motifs is 4. The van der Waals surface area contributed by atoms with Gasteiger partial charge in [-0.2, -0.15) is 6.07 Å².